The molecule has 1 aliphatic heterocycles. The van der Waals surface area contributed by atoms with Crippen molar-refractivity contribution in [2.75, 3.05) is 26.3 Å². The number of carboxylic acids is 1. The van der Waals surface area contributed by atoms with Crippen LogP contribution in [0.2, 0.25) is 5.02 Å². The molecule has 5 rings (SSSR count). The fourth-order valence-corrected chi connectivity index (χ4v) is 5.73. The smallest absolute Gasteiger partial charge is 0.335 e. The zero-order chi connectivity index (χ0) is 25.8. The molecule has 190 valence electrons. The van der Waals surface area contributed by atoms with E-state index in [1.807, 2.05) is 30.3 Å². The number of aromatic carboxylic acids is 1. The largest absolute Gasteiger partial charge is 0.478 e. The Bertz CT molecular complexity index is 1360. The van der Waals surface area contributed by atoms with Crippen LogP contribution in [0.5, 0.6) is 0 Å². The van der Waals surface area contributed by atoms with Gasteiger partial charge in [0.1, 0.15) is 0 Å². The fourth-order valence-electron chi connectivity index (χ4n) is 5.54. The summed E-state index contributed by atoms with van der Waals surface area (Å²) in [7, 11) is 0. The second-order valence-corrected chi connectivity index (χ2v) is 10.3. The second-order valence-electron chi connectivity index (χ2n) is 9.89. The van der Waals surface area contributed by atoms with Gasteiger partial charge in [0.25, 0.3) is 0 Å². The molecule has 2 aliphatic rings. The predicted octanol–water partition coefficient (Wildman–Crippen LogP) is 7.78. The van der Waals surface area contributed by atoms with E-state index in [1.54, 1.807) is 6.07 Å². The van der Waals surface area contributed by atoms with Crippen molar-refractivity contribution in [1.29, 1.82) is 0 Å². The molecule has 0 spiro atoms. The van der Waals surface area contributed by atoms with Crippen molar-refractivity contribution in [3.63, 3.8) is 0 Å². The maximum Gasteiger partial charge on any atom is 0.335 e. The minimum atomic E-state index is -0.903. The molecule has 0 bridgehead atoms. The van der Waals surface area contributed by atoms with Gasteiger partial charge in [-0.05, 0) is 95.3 Å². The molecule has 1 aliphatic carbocycles. The van der Waals surface area contributed by atoms with Crippen LogP contribution in [-0.4, -0.2) is 42.3 Å². The number of alkyl halides is 1. The molecule has 0 aromatic heterocycles. The van der Waals surface area contributed by atoms with E-state index in [0.717, 1.165) is 78.7 Å². The van der Waals surface area contributed by atoms with Gasteiger partial charge >= 0.3 is 5.97 Å². The van der Waals surface area contributed by atoms with Crippen molar-refractivity contribution in [2.24, 2.45) is 0 Å². The van der Waals surface area contributed by atoms with Crippen molar-refractivity contribution in [3.05, 3.63) is 111 Å². The van der Waals surface area contributed by atoms with Crippen LogP contribution in [0.25, 0.3) is 17.2 Å². The number of carbonyl (C=O) groups is 1. The molecule has 3 aromatic carbocycles. The average Bonchev–Trinajstić information content (AvgIpc) is 3.25. The molecule has 3 nitrogen and oxygen atoms in total. The Morgan fingerprint density at radius 3 is 2.59 bits per heavy atom. The van der Waals surface area contributed by atoms with Crippen LogP contribution >= 0.6 is 11.6 Å². The lowest BCUT2D eigenvalue weighted by atomic mass is 9.87. The summed E-state index contributed by atoms with van der Waals surface area (Å²) in [6.45, 7) is 2.46. The number of nitrogens with zero attached hydrogens (tertiary/aromatic N) is 1. The molecule has 1 N–H and O–H groups in total. The summed E-state index contributed by atoms with van der Waals surface area (Å²) in [6, 6.07) is 22.1. The summed E-state index contributed by atoms with van der Waals surface area (Å²) < 4.78 is 12.5. The number of hydrogen-bond donors (Lipinski definition) is 1. The Kier molecular flexibility index (Phi) is 7.87. The van der Waals surface area contributed by atoms with E-state index in [-0.39, 0.29) is 6.67 Å². The SMILES string of the molecule is O=C(O)c1ccc2c(c1)CCCC(c1cccc(Cl)c1)=C2c1ccc(/C=C2/CCN(CCCF)C2)cc1. The van der Waals surface area contributed by atoms with E-state index in [2.05, 4.69) is 41.3 Å². The standard InChI is InChI=1S/C32H31ClFNO2/c33-28-6-1-4-26(20-28)29-7-2-5-25-19-27(32(36)37)12-13-30(25)31(29)24-10-8-22(9-11-24)18-23-14-17-35(21-23)16-3-15-34/h1,4,6,8-13,18-20H,2-3,5,7,14-17,21H2,(H,36,37)/b23-18-. The number of hydrogen-bond acceptors (Lipinski definition) is 2. The zero-order valence-corrected chi connectivity index (χ0v) is 21.6. The average molecular weight is 516 g/mol. The third-order valence-corrected chi connectivity index (χ3v) is 7.56. The van der Waals surface area contributed by atoms with Gasteiger partial charge in [0.15, 0.2) is 0 Å². The highest BCUT2D eigenvalue weighted by atomic mass is 35.5. The summed E-state index contributed by atoms with van der Waals surface area (Å²) in [5, 5.41) is 10.3. The van der Waals surface area contributed by atoms with Gasteiger partial charge in [-0.1, -0.05) is 65.7 Å². The number of allylic oxidation sites excluding steroid dienone is 1. The normalized spacial score (nSPS) is 17.2. The van der Waals surface area contributed by atoms with Gasteiger partial charge in [-0.2, -0.15) is 0 Å². The van der Waals surface area contributed by atoms with Gasteiger partial charge in [0.2, 0.25) is 0 Å². The molecule has 1 saturated heterocycles. The maximum atomic E-state index is 12.5. The summed E-state index contributed by atoms with van der Waals surface area (Å²) >= 11 is 6.38. The highest BCUT2D eigenvalue weighted by molar-refractivity contribution is 6.30. The van der Waals surface area contributed by atoms with Crippen molar-refractivity contribution < 1.29 is 14.3 Å². The predicted molar refractivity (Wildman–Crippen MR) is 150 cm³/mol. The third-order valence-electron chi connectivity index (χ3n) is 7.32. The quantitative estimate of drug-likeness (QED) is 0.349. The number of benzene rings is 3. The van der Waals surface area contributed by atoms with Crippen LogP contribution < -0.4 is 0 Å². The van der Waals surface area contributed by atoms with Crippen LogP contribution in [0.3, 0.4) is 0 Å². The number of halogens is 2. The molecular formula is C32H31ClFNO2. The van der Waals surface area contributed by atoms with E-state index >= 15 is 0 Å². The van der Waals surface area contributed by atoms with Gasteiger partial charge in [-0.25, -0.2) is 4.79 Å². The van der Waals surface area contributed by atoms with Crippen molar-refractivity contribution >= 4 is 34.8 Å². The highest BCUT2D eigenvalue weighted by Gasteiger charge is 2.22. The lowest BCUT2D eigenvalue weighted by Gasteiger charge is -2.17. The van der Waals surface area contributed by atoms with Crippen LogP contribution in [0.15, 0.2) is 72.3 Å². The van der Waals surface area contributed by atoms with Gasteiger partial charge in [0.05, 0.1) is 12.2 Å². The van der Waals surface area contributed by atoms with Crippen LogP contribution in [0.4, 0.5) is 4.39 Å². The summed E-state index contributed by atoms with van der Waals surface area (Å²) in [5.74, 6) is -0.903. The van der Waals surface area contributed by atoms with Crippen molar-refractivity contribution in [1.82, 2.24) is 4.90 Å². The lowest BCUT2D eigenvalue weighted by Crippen LogP contribution is -2.20. The van der Waals surface area contributed by atoms with Crippen LogP contribution in [0, 0.1) is 0 Å². The van der Waals surface area contributed by atoms with E-state index in [0.29, 0.717) is 17.0 Å². The zero-order valence-electron chi connectivity index (χ0n) is 20.9. The van der Waals surface area contributed by atoms with Gasteiger partial charge in [-0.3, -0.25) is 9.29 Å². The maximum absolute atomic E-state index is 12.5. The number of carboxylic acid groups (broad SMARTS) is 1. The molecule has 0 atom stereocenters. The van der Waals surface area contributed by atoms with E-state index in [1.165, 1.54) is 11.1 Å². The first kappa shape index (κ1) is 25.4. The Balaban J connectivity index is 1.54. The van der Waals surface area contributed by atoms with Gasteiger partial charge in [0, 0.05) is 24.7 Å². The Labute approximate surface area is 222 Å². The Hall–Kier alpha value is -3.21. The van der Waals surface area contributed by atoms with Gasteiger partial charge in [-0.15, -0.1) is 0 Å². The molecule has 3 aromatic rings. The molecule has 0 amide bonds. The summed E-state index contributed by atoms with van der Waals surface area (Å²) in [6.07, 6.45) is 6.52. The molecule has 1 heterocycles. The number of rotatable bonds is 7. The molecule has 37 heavy (non-hydrogen) atoms. The van der Waals surface area contributed by atoms with E-state index < -0.39 is 5.97 Å². The third kappa shape index (κ3) is 5.87. The summed E-state index contributed by atoms with van der Waals surface area (Å²) in [5.41, 5.74) is 9.60. The Morgan fingerprint density at radius 2 is 1.84 bits per heavy atom. The topological polar surface area (TPSA) is 40.5 Å². The van der Waals surface area contributed by atoms with Crippen molar-refractivity contribution in [3.8, 4) is 0 Å². The fraction of sp³-hybridized carbons (Fsp3) is 0.281. The minimum absolute atomic E-state index is 0.259. The summed E-state index contributed by atoms with van der Waals surface area (Å²) in [4.78, 5) is 14.0. The first-order valence-corrected chi connectivity index (χ1v) is 13.3. The van der Waals surface area contributed by atoms with Crippen LogP contribution in [0.1, 0.15) is 63.9 Å². The van der Waals surface area contributed by atoms with E-state index in [9.17, 15) is 14.3 Å². The van der Waals surface area contributed by atoms with E-state index in [4.69, 9.17) is 11.6 Å². The monoisotopic (exact) mass is 515 g/mol. The Morgan fingerprint density at radius 1 is 1.00 bits per heavy atom. The number of aryl methyl sites for hydroxylation is 1. The highest BCUT2D eigenvalue weighted by Crippen LogP contribution is 2.40. The second kappa shape index (κ2) is 11.5. The molecule has 1 fully saturated rings. The molecular weight excluding hydrogens is 485 g/mol. The van der Waals surface area contributed by atoms with Crippen molar-refractivity contribution in [2.45, 2.75) is 32.1 Å². The first-order valence-electron chi connectivity index (χ1n) is 13.0. The van der Waals surface area contributed by atoms with Crippen LogP contribution in [-0.2, 0) is 6.42 Å². The lowest BCUT2D eigenvalue weighted by molar-refractivity contribution is 0.0696. The van der Waals surface area contributed by atoms with Gasteiger partial charge < -0.3 is 5.11 Å². The minimum Gasteiger partial charge on any atom is -0.478 e. The number of fused-ring (bicyclic) bond motifs is 1. The molecule has 0 unspecified atom stereocenters. The number of likely N-dealkylation sites (tertiary alicyclic amines) is 1. The first-order chi connectivity index (χ1) is 18.0. The molecule has 5 heteroatoms. The molecule has 0 saturated carbocycles. The molecule has 0 radical (unpaired) electrons.